The molecule has 3 aromatic rings. The maximum absolute atomic E-state index is 12.2. The molecule has 29 heavy (non-hydrogen) atoms. The van der Waals surface area contributed by atoms with Crippen molar-refractivity contribution in [3.8, 4) is 17.2 Å². The highest BCUT2D eigenvalue weighted by Crippen LogP contribution is 2.43. The van der Waals surface area contributed by atoms with E-state index in [1.54, 1.807) is 0 Å². The number of carbonyl (C=O) groups is 2. The van der Waals surface area contributed by atoms with Crippen molar-refractivity contribution in [3.05, 3.63) is 41.5 Å². The molecule has 1 aromatic heterocycles. The number of methoxy groups -OCH3 is 3. The predicted octanol–water partition coefficient (Wildman–Crippen LogP) is 2.29. The Balaban J connectivity index is 2.18. The number of carboxylic acid groups (broad SMARTS) is 2. The third-order valence-electron chi connectivity index (χ3n) is 4.55. The van der Waals surface area contributed by atoms with Gasteiger partial charge in [-0.1, -0.05) is 6.07 Å². The van der Waals surface area contributed by atoms with E-state index >= 15 is 0 Å². The Bertz CT molecular complexity index is 1040. The van der Waals surface area contributed by atoms with Crippen LogP contribution in [0, 0.1) is 0 Å². The quantitative estimate of drug-likeness (QED) is 0.576. The molecule has 0 fully saturated rings. The maximum atomic E-state index is 12.2. The highest BCUT2D eigenvalue weighted by atomic mass is 16.6. The summed E-state index contributed by atoms with van der Waals surface area (Å²) in [5.74, 6) is -4.81. The minimum atomic E-state index is -1.45. The van der Waals surface area contributed by atoms with Gasteiger partial charge in [0.15, 0.2) is 11.5 Å². The van der Waals surface area contributed by atoms with Gasteiger partial charge in [-0.05, 0) is 45.7 Å². The Morgan fingerprint density at radius 3 is 1.90 bits per heavy atom. The molecule has 0 aliphatic rings. The summed E-state index contributed by atoms with van der Waals surface area (Å²) in [6, 6.07) is 7.29. The summed E-state index contributed by atoms with van der Waals surface area (Å²) >= 11 is 0. The predicted molar refractivity (Wildman–Crippen MR) is 98.7 cm³/mol. The van der Waals surface area contributed by atoms with Crippen molar-refractivity contribution in [2.75, 3.05) is 21.3 Å². The van der Waals surface area contributed by atoms with Gasteiger partial charge >= 0.3 is 11.9 Å². The molecule has 0 aliphatic heterocycles. The van der Waals surface area contributed by atoms with Gasteiger partial charge in [0.1, 0.15) is 11.0 Å². The molecule has 0 bridgehead atoms. The van der Waals surface area contributed by atoms with Crippen molar-refractivity contribution >= 4 is 23.0 Å². The molecule has 0 saturated carbocycles. The van der Waals surface area contributed by atoms with Crippen molar-refractivity contribution in [2.24, 2.45) is 0 Å². The van der Waals surface area contributed by atoms with Crippen molar-refractivity contribution in [1.29, 1.82) is 0 Å². The molecule has 0 radical (unpaired) electrons. The highest BCUT2D eigenvalue weighted by molar-refractivity contribution is 5.89. The van der Waals surface area contributed by atoms with Gasteiger partial charge in [0, 0.05) is 0 Å². The van der Waals surface area contributed by atoms with Crippen LogP contribution in [0.3, 0.4) is 0 Å². The molecule has 2 atom stereocenters. The van der Waals surface area contributed by atoms with Gasteiger partial charge in [-0.3, -0.25) is 9.59 Å². The molecule has 1 heterocycles. The number of aromatic nitrogens is 2. The molecule has 2 N–H and O–H groups in total. The lowest BCUT2D eigenvalue weighted by atomic mass is 9.81. The maximum Gasteiger partial charge on any atom is 0.312 e. The smallest absolute Gasteiger partial charge is 0.312 e. The zero-order chi connectivity index (χ0) is 21.1. The molecule has 2 aromatic carbocycles. The second-order valence-corrected chi connectivity index (χ2v) is 6.10. The number of benzene rings is 2. The van der Waals surface area contributed by atoms with Gasteiger partial charge in [0.2, 0.25) is 5.75 Å². The number of aliphatic carboxylic acids is 2. The topological polar surface area (TPSA) is 141 Å². The lowest BCUT2D eigenvalue weighted by molar-refractivity contribution is -0.147. The highest BCUT2D eigenvalue weighted by Gasteiger charge is 2.38. The van der Waals surface area contributed by atoms with Crippen LogP contribution in [0.25, 0.3) is 11.0 Å². The second-order valence-electron chi connectivity index (χ2n) is 6.10. The fraction of sp³-hybridized carbons (Fsp3) is 0.263. The number of ether oxygens (including phenoxy) is 3. The minimum Gasteiger partial charge on any atom is -0.493 e. The number of hydrogen-bond donors (Lipinski definition) is 2. The average molecular weight is 402 g/mol. The largest absolute Gasteiger partial charge is 0.493 e. The Morgan fingerprint density at radius 2 is 1.38 bits per heavy atom. The summed E-state index contributed by atoms with van der Waals surface area (Å²) in [5.41, 5.74) is 1.17. The lowest BCUT2D eigenvalue weighted by Gasteiger charge is -2.23. The van der Waals surface area contributed by atoms with Crippen LogP contribution in [0.2, 0.25) is 0 Å². The van der Waals surface area contributed by atoms with Crippen LogP contribution in [-0.2, 0) is 9.59 Å². The minimum absolute atomic E-state index is 0.178. The van der Waals surface area contributed by atoms with E-state index in [4.69, 9.17) is 14.2 Å². The van der Waals surface area contributed by atoms with E-state index in [2.05, 4.69) is 14.9 Å². The Labute approximate surface area is 164 Å². The van der Waals surface area contributed by atoms with E-state index in [9.17, 15) is 19.8 Å². The summed E-state index contributed by atoms with van der Waals surface area (Å²) in [7, 11) is 4.18. The van der Waals surface area contributed by atoms with Crippen molar-refractivity contribution in [3.63, 3.8) is 0 Å². The summed E-state index contributed by atoms with van der Waals surface area (Å²) < 4.78 is 20.4. The van der Waals surface area contributed by atoms with Crippen LogP contribution in [0.1, 0.15) is 23.0 Å². The second kappa shape index (κ2) is 8.05. The van der Waals surface area contributed by atoms with Gasteiger partial charge in [-0.15, -0.1) is 0 Å². The average Bonchev–Trinajstić information content (AvgIpc) is 3.17. The molecule has 0 amide bonds. The van der Waals surface area contributed by atoms with Crippen molar-refractivity contribution in [2.45, 2.75) is 11.8 Å². The zero-order valence-electron chi connectivity index (χ0n) is 15.8. The van der Waals surface area contributed by atoms with Gasteiger partial charge in [0.25, 0.3) is 0 Å². The Hall–Kier alpha value is -3.82. The monoisotopic (exact) mass is 402 g/mol. The number of nitrogens with zero attached hydrogens (tertiary/aromatic N) is 2. The summed E-state index contributed by atoms with van der Waals surface area (Å²) in [4.78, 5) is 24.3. The molecular weight excluding hydrogens is 384 g/mol. The molecule has 0 spiro atoms. The molecule has 0 aliphatic carbocycles. The van der Waals surface area contributed by atoms with E-state index in [1.807, 2.05) is 0 Å². The SMILES string of the molecule is COc1cc(C(C(=O)O)C(C(=O)O)c2ccc3nonc3c2)cc(OC)c1OC. The van der Waals surface area contributed by atoms with Gasteiger partial charge < -0.3 is 24.4 Å². The molecule has 152 valence electrons. The van der Waals surface area contributed by atoms with E-state index < -0.39 is 23.8 Å². The lowest BCUT2D eigenvalue weighted by Crippen LogP contribution is -2.26. The van der Waals surface area contributed by atoms with Crippen LogP contribution in [0.15, 0.2) is 35.0 Å². The summed E-state index contributed by atoms with van der Waals surface area (Å²) in [5, 5.41) is 27.1. The summed E-state index contributed by atoms with van der Waals surface area (Å²) in [6.45, 7) is 0. The van der Waals surface area contributed by atoms with Gasteiger partial charge in [-0.25, -0.2) is 4.63 Å². The Morgan fingerprint density at radius 1 is 0.828 bits per heavy atom. The Kier molecular flexibility index (Phi) is 5.53. The fourth-order valence-electron chi connectivity index (χ4n) is 3.23. The summed E-state index contributed by atoms with van der Waals surface area (Å²) in [6.07, 6.45) is 0. The third-order valence-corrected chi connectivity index (χ3v) is 4.55. The number of rotatable bonds is 8. The standard InChI is InChI=1S/C19H18N2O8/c1-26-13-7-10(8-14(27-2)17(13)28-3)16(19(24)25)15(18(22)23)9-4-5-11-12(6-9)21-29-20-11/h4-8,15-16H,1-3H3,(H,22,23)(H,24,25). The van der Waals surface area contributed by atoms with E-state index in [-0.39, 0.29) is 28.4 Å². The van der Waals surface area contributed by atoms with Crippen LogP contribution in [-0.4, -0.2) is 53.8 Å². The first-order valence-corrected chi connectivity index (χ1v) is 8.39. The molecule has 10 nitrogen and oxygen atoms in total. The van der Waals surface area contributed by atoms with Crippen LogP contribution >= 0.6 is 0 Å². The van der Waals surface area contributed by atoms with E-state index in [1.165, 1.54) is 51.7 Å². The molecule has 10 heteroatoms. The first-order chi connectivity index (χ1) is 13.9. The van der Waals surface area contributed by atoms with Crippen LogP contribution in [0.5, 0.6) is 17.2 Å². The van der Waals surface area contributed by atoms with Gasteiger partial charge in [0.05, 0.1) is 33.2 Å². The molecular formula is C19H18N2O8. The van der Waals surface area contributed by atoms with Crippen LogP contribution in [0.4, 0.5) is 0 Å². The van der Waals surface area contributed by atoms with Crippen molar-refractivity contribution < 1.29 is 38.6 Å². The van der Waals surface area contributed by atoms with E-state index in [0.717, 1.165) is 0 Å². The first-order valence-electron chi connectivity index (χ1n) is 8.39. The number of fused-ring (bicyclic) bond motifs is 1. The van der Waals surface area contributed by atoms with Crippen LogP contribution < -0.4 is 14.2 Å². The first kappa shape index (κ1) is 19.9. The van der Waals surface area contributed by atoms with Crippen molar-refractivity contribution in [1.82, 2.24) is 10.3 Å². The molecule has 0 saturated heterocycles. The number of hydrogen-bond acceptors (Lipinski definition) is 8. The number of carboxylic acids is 2. The molecule has 3 rings (SSSR count). The van der Waals surface area contributed by atoms with E-state index in [0.29, 0.717) is 11.0 Å². The molecule has 2 unspecified atom stereocenters. The normalized spacial score (nSPS) is 12.9. The fourth-order valence-corrected chi connectivity index (χ4v) is 3.23. The zero-order valence-corrected chi connectivity index (χ0v) is 15.8. The third kappa shape index (κ3) is 3.64. The van der Waals surface area contributed by atoms with Gasteiger partial charge in [-0.2, -0.15) is 0 Å².